The van der Waals surface area contributed by atoms with Gasteiger partial charge in [0.05, 0.1) is 6.61 Å². The Morgan fingerprint density at radius 1 is 0.735 bits per heavy atom. The van der Waals surface area contributed by atoms with Crippen molar-refractivity contribution in [3.63, 3.8) is 0 Å². The van der Waals surface area contributed by atoms with Crippen LogP contribution in [0.5, 0.6) is 5.75 Å². The maximum atomic E-state index is 14.9. The third-order valence-corrected chi connectivity index (χ3v) is 6.67. The summed E-state index contributed by atoms with van der Waals surface area (Å²) in [5.74, 6) is 0.195. The molecule has 4 heteroatoms. The van der Waals surface area contributed by atoms with E-state index < -0.39 is 11.4 Å². The number of aryl methyl sites for hydroxylation is 1. The zero-order chi connectivity index (χ0) is 24.4. The lowest BCUT2D eigenvalue weighted by atomic mass is 10.0. The molecule has 2 aromatic rings. The highest BCUT2D eigenvalue weighted by atomic mass is 19.1. The minimum absolute atomic E-state index is 0.00360. The van der Waals surface area contributed by atoms with E-state index in [1.807, 2.05) is 6.07 Å². The molecule has 2 rings (SSSR count). The Kier molecular flexibility index (Phi) is 14.7. The molecule has 0 fully saturated rings. The van der Waals surface area contributed by atoms with Gasteiger partial charge < -0.3 is 9.15 Å². The van der Waals surface area contributed by atoms with Crippen LogP contribution in [0.3, 0.4) is 0 Å². The van der Waals surface area contributed by atoms with Crippen molar-refractivity contribution in [2.75, 3.05) is 6.61 Å². The lowest BCUT2D eigenvalue weighted by Gasteiger charge is -2.09. The third kappa shape index (κ3) is 10.6. The van der Waals surface area contributed by atoms with Gasteiger partial charge in [-0.15, -0.1) is 0 Å². The van der Waals surface area contributed by atoms with Crippen LogP contribution in [0.1, 0.15) is 129 Å². The third-order valence-electron chi connectivity index (χ3n) is 6.67. The number of halogens is 1. The fourth-order valence-corrected chi connectivity index (χ4v) is 4.54. The van der Waals surface area contributed by atoms with Crippen molar-refractivity contribution in [1.82, 2.24) is 0 Å². The molecule has 0 spiro atoms. The van der Waals surface area contributed by atoms with Gasteiger partial charge in [-0.2, -0.15) is 0 Å². The second-order valence-corrected chi connectivity index (χ2v) is 9.74. The van der Waals surface area contributed by atoms with Crippen molar-refractivity contribution in [2.45, 2.75) is 129 Å². The molecule has 0 aliphatic rings. The summed E-state index contributed by atoms with van der Waals surface area (Å²) in [4.78, 5) is 12.5. The van der Waals surface area contributed by atoms with E-state index >= 15 is 0 Å². The van der Waals surface area contributed by atoms with E-state index in [4.69, 9.17) is 9.15 Å². The molecule has 0 N–H and O–H groups in total. The fourth-order valence-electron chi connectivity index (χ4n) is 4.54. The SMILES string of the molecule is CCCCCCCCCCCCc1cc2ccc(OCCCCCCCCC)c(F)c2c(=O)o1. The molecule has 0 bridgehead atoms. The van der Waals surface area contributed by atoms with E-state index in [1.165, 1.54) is 83.5 Å². The number of hydrogen-bond donors (Lipinski definition) is 0. The Morgan fingerprint density at radius 2 is 1.26 bits per heavy atom. The molecule has 0 atom stereocenters. The number of ether oxygens (including phenoxy) is 1. The van der Waals surface area contributed by atoms with E-state index in [2.05, 4.69) is 13.8 Å². The van der Waals surface area contributed by atoms with E-state index in [0.29, 0.717) is 17.8 Å². The second kappa shape index (κ2) is 17.6. The smallest absolute Gasteiger partial charge is 0.346 e. The van der Waals surface area contributed by atoms with E-state index in [-0.39, 0.29) is 11.1 Å². The Labute approximate surface area is 206 Å². The van der Waals surface area contributed by atoms with Crippen molar-refractivity contribution >= 4 is 10.8 Å². The van der Waals surface area contributed by atoms with E-state index in [0.717, 1.165) is 32.1 Å². The largest absolute Gasteiger partial charge is 0.490 e. The quantitative estimate of drug-likeness (QED) is 0.179. The first-order chi connectivity index (χ1) is 16.7. The Hall–Kier alpha value is -1.84. The van der Waals surface area contributed by atoms with Crippen LogP contribution in [0.15, 0.2) is 27.4 Å². The number of rotatable bonds is 20. The Balaban J connectivity index is 1.73. The van der Waals surface area contributed by atoms with Crippen LogP contribution < -0.4 is 10.4 Å². The highest BCUT2D eigenvalue weighted by Gasteiger charge is 2.14. The van der Waals surface area contributed by atoms with Gasteiger partial charge in [0.1, 0.15) is 11.1 Å². The van der Waals surface area contributed by atoms with Crippen LogP contribution in [0.2, 0.25) is 0 Å². The normalized spacial score (nSPS) is 11.4. The summed E-state index contributed by atoms with van der Waals surface area (Å²) in [5, 5.41) is 0.600. The van der Waals surface area contributed by atoms with Crippen molar-refractivity contribution in [2.24, 2.45) is 0 Å². The molecular weight excluding hydrogens is 427 g/mol. The molecule has 0 aliphatic heterocycles. The first-order valence-corrected chi connectivity index (χ1v) is 14.0. The molecule has 0 radical (unpaired) electrons. The van der Waals surface area contributed by atoms with Crippen molar-refractivity contribution in [3.05, 3.63) is 40.2 Å². The van der Waals surface area contributed by atoms with Gasteiger partial charge in [-0.25, -0.2) is 9.18 Å². The van der Waals surface area contributed by atoms with Gasteiger partial charge >= 0.3 is 5.63 Å². The van der Waals surface area contributed by atoms with Crippen molar-refractivity contribution < 1.29 is 13.5 Å². The summed E-state index contributed by atoms with van der Waals surface area (Å²) in [7, 11) is 0. The van der Waals surface area contributed by atoms with Crippen LogP contribution in [0.4, 0.5) is 4.39 Å². The predicted octanol–water partition coefficient (Wildman–Crippen LogP) is 9.52. The minimum Gasteiger partial charge on any atom is -0.490 e. The van der Waals surface area contributed by atoms with Gasteiger partial charge in [0.15, 0.2) is 11.6 Å². The maximum Gasteiger partial charge on any atom is 0.346 e. The molecular formula is C30H47FO3. The van der Waals surface area contributed by atoms with Crippen LogP contribution >= 0.6 is 0 Å². The summed E-state index contributed by atoms with van der Waals surface area (Å²) in [6.45, 7) is 4.93. The summed E-state index contributed by atoms with van der Waals surface area (Å²) in [5.41, 5.74) is -0.599. The zero-order valence-electron chi connectivity index (χ0n) is 21.8. The number of unbranched alkanes of at least 4 members (excludes halogenated alkanes) is 15. The van der Waals surface area contributed by atoms with Gasteiger partial charge in [-0.1, -0.05) is 116 Å². The molecule has 0 amide bonds. The van der Waals surface area contributed by atoms with Crippen LogP contribution in [0, 0.1) is 5.82 Å². The molecule has 0 aliphatic carbocycles. The lowest BCUT2D eigenvalue weighted by molar-refractivity contribution is 0.291. The zero-order valence-corrected chi connectivity index (χ0v) is 21.8. The van der Waals surface area contributed by atoms with Gasteiger partial charge in [0.25, 0.3) is 0 Å². The predicted molar refractivity (Wildman–Crippen MR) is 141 cm³/mol. The monoisotopic (exact) mass is 474 g/mol. The molecule has 3 nitrogen and oxygen atoms in total. The Morgan fingerprint density at radius 3 is 1.85 bits per heavy atom. The standard InChI is InChI=1S/C30H47FO3/c1-3-5-7-9-11-12-13-14-16-18-20-26-24-25-21-22-27(29(31)28(25)30(32)34-26)33-23-19-17-15-10-8-6-4-2/h21-22,24H,3-20,23H2,1-2H3. The fraction of sp³-hybridized carbons (Fsp3) is 0.700. The summed E-state index contributed by atoms with van der Waals surface area (Å²) >= 11 is 0. The van der Waals surface area contributed by atoms with Crippen LogP contribution in [-0.4, -0.2) is 6.61 Å². The first-order valence-electron chi connectivity index (χ1n) is 14.0. The van der Waals surface area contributed by atoms with Gasteiger partial charge in [0.2, 0.25) is 0 Å². The number of fused-ring (bicyclic) bond motifs is 1. The maximum absolute atomic E-state index is 14.9. The van der Waals surface area contributed by atoms with Gasteiger partial charge in [-0.05, 0) is 30.4 Å². The van der Waals surface area contributed by atoms with Gasteiger partial charge in [-0.3, -0.25) is 0 Å². The molecule has 0 saturated carbocycles. The second-order valence-electron chi connectivity index (χ2n) is 9.74. The average molecular weight is 475 g/mol. The van der Waals surface area contributed by atoms with Crippen LogP contribution in [0.25, 0.3) is 10.8 Å². The average Bonchev–Trinajstić information content (AvgIpc) is 2.83. The highest BCUT2D eigenvalue weighted by Crippen LogP contribution is 2.26. The van der Waals surface area contributed by atoms with Crippen molar-refractivity contribution in [1.29, 1.82) is 0 Å². The molecule has 1 aromatic heterocycles. The van der Waals surface area contributed by atoms with E-state index in [9.17, 15) is 9.18 Å². The first kappa shape index (κ1) is 28.4. The molecule has 1 aromatic carbocycles. The lowest BCUT2D eigenvalue weighted by Crippen LogP contribution is -2.07. The summed E-state index contributed by atoms with van der Waals surface area (Å²) < 4.78 is 26.0. The summed E-state index contributed by atoms with van der Waals surface area (Å²) in [6, 6.07) is 5.23. The molecule has 0 unspecified atom stereocenters. The van der Waals surface area contributed by atoms with E-state index in [1.54, 1.807) is 12.1 Å². The molecule has 0 saturated heterocycles. The highest BCUT2D eigenvalue weighted by molar-refractivity contribution is 5.83. The van der Waals surface area contributed by atoms with Crippen molar-refractivity contribution in [3.8, 4) is 5.75 Å². The number of benzene rings is 1. The molecule has 34 heavy (non-hydrogen) atoms. The van der Waals surface area contributed by atoms with Gasteiger partial charge in [0, 0.05) is 6.42 Å². The topological polar surface area (TPSA) is 39.4 Å². The number of hydrogen-bond acceptors (Lipinski definition) is 3. The minimum atomic E-state index is -0.599. The summed E-state index contributed by atoms with van der Waals surface area (Å²) in [6.07, 6.45) is 21.6. The molecule has 1 heterocycles. The van der Waals surface area contributed by atoms with Crippen LogP contribution in [-0.2, 0) is 6.42 Å². The Bertz CT molecular complexity index is 858. The molecule has 192 valence electrons.